The molecular formula is C24H27N5O4. The van der Waals surface area contributed by atoms with E-state index in [0.29, 0.717) is 53.0 Å². The predicted octanol–water partition coefficient (Wildman–Crippen LogP) is 3.53. The quantitative estimate of drug-likeness (QED) is 0.645. The molecular weight excluding hydrogens is 422 g/mol. The summed E-state index contributed by atoms with van der Waals surface area (Å²) in [6, 6.07) is 7.09. The van der Waals surface area contributed by atoms with Gasteiger partial charge in [0.05, 0.1) is 25.8 Å². The molecule has 33 heavy (non-hydrogen) atoms. The van der Waals surface area contributed by atoms with Crippen molar-refractivity contribution in [1.82, 2.24) is 14.9 Å². The number of furan rings is 1. The number of fused-ring (bicyclic) bond motifs is 2. The van der Waals surface area contributed by atoms with E-state index in [9.17, 15) is 4.79 Å². The Morgan fingerprint density at radius 2 is 1.94 bits per heavy atom. The lowest BCUT2D eigenvalue weighted by molar-refractivity contribution is 0.0638. The van der Waals surface area contributed by atoms with Crippen LogP contribution in [0, 0.1) is 6.92 Å². The fourth-order valence-corrected chi connectivity index (χ4v) is 4.68. The fourth-order valence-electron chi connectivity index (χ4n) is 4.68. The van der Waals surface area contributed by atoms with Crippen molar-refractivity contribution in [2.24, 2.45) is 0 Å². The van der Waals surface area contributed by atoms with Crippen molar-refractivity contribution in [1.29, 1.82) is 0 Å². The highest BCUT2D eigenvalue weighted by Gasteiger charge is 2.38. The first kappa shape index (κ1) is 21.1. The van der Waals surface area contributed by atoms with Crippen LogP contribution < -0.4 is 20.1 Å². The summed E-state index contributed by atoms with van der Waals surface area (Å²) in [5, 5.41) is 0.701. The normalized spacial score (nSPS) is 18.2. The van der Waals surface area contributed by atoms with Gasteiger partial charge in [0.15, 0.2) is 17.3 Å². The average Bonchev–Trinajstić information content (AvgIpc) is 3.28. The second kappa shape index (κ2) is 8.31. The van der Waals surface area contributed by atoms with Crippen LogP contribution in [0.1, 0.15) is 35.6 Å². The van der Waals surface area contributed by atoms with Crippen LogP contribution in [0.5, 0.6) is 11.5 Å². The molecule has 1 amide bonds. The first-order valence-electron chi connectivity index (χ1n) is 11.0. The van der Waals surface area contributed by atoms with Crippen LogP contribution in [0.15, 0.2) is 40.5 Å². The average molecular weight is 450 g/mol. The van der Waals surface area contributed by atoms with Gasteiger partial charge < -0.3 is 29.4 Å². The molecule has 1 unspecified atom stereocenters. The SMILES string of the molecule is COc1cc2nc(N3CCN(C(=O)c4ccc(C)o4)C4CCCC=C43)nc(N)c2cc1OC. The molecule has 0 spiro atoms. The molecule has 0 saturated carbocycles. The van der Waals surface area contributed by atoms with Gasteiger partial charge in [-0.2, -0.15) is 4.98 Å². The number of allylic oxidation sites excluding steroid dienone is 1. The van der Waals surface area contributed by atoms with Gasteiger partial charge in [0.2, 0.25) is 5.95 Å². The van der Waals surface area contributed by atoms with Crippen LogP contribution in [0.3, 0.4) is 0 Å². The van der Waals surface area contributed by atoms with Gasteiger partial charge in [-0.1, -0.05) is 6.08 Å². The number of ether oxygens (including phenoxy) is 2. The molecule has 1 aliphatic heterocycles. The van der Waals surface area contributed by atoms with Crippen LogP contribution in [-0.2, 0) is 0 Å². The van der Waals surface area contributed by atoms with Crippen molar-refractivity contribution in [3.63, 3.8) is 0 Å². The number of piperazine rings is 1. The van der Waals surface area contributed by atoms with Gasteiger partial charge in [0, 0.05) is 30.2 Å². The maximum atomic E-state index is 13.2. The lowest BCUT2D eigenvalue weighted by Gasteiger charge is -2.44. The molecule has 3 aromatic rings. The van der Waals surface area contributed by atoms with Crippen LogP contribution in [0.4, 0.5) is 11.8 Å². The third kappa shape index (κ3) is 3.63. The molecule has 0 bridgehead atoms. The van der Waals surface area contributed by atoms with E-state index < -0.39 is 0 Å². The van der Waals surface area contributed by atoms with Crippen molar-refractivity contribution in [2.75, 3.05) is 37.9 Å². The highest BCUT2D eigenvalue weighted by Crippen LogP contribution is 2.37. The molecule has 172 valence electrons. The van der Waals surface area contributed by atoms with Crippen LogP contribution in [0.25, 0.3) is 10.9 Å². The van der Waals surface area contributed by atoms with Crippen molar-refractivity contribution in [3.8, 4) is 11.5 Å². The van der Waals surface area contributed by atoms with Crippen LogP contribution in [-0.4, -0.2) is 54.1 Å². The van der Waals surface area contributed by atoms with E-state index in [0.717, 1.165) is 30.7 Å². The van der Waals surface area contributed by atoms with E-state index >= 15 is 0 Å². The number of amides is 1. The third-order valence-corrected chi connectivity index (χ3v) is 6.30. The number of rotatable bonds is 4. The molecule has 2 aromatic heterocycles. The van der Waals surface area contributed by atoms with E-state index in [2.05, 4.69) is 16.0 Å². The standard InChI is InChI=1S/C24H27N5O4/c1-14-8-9-19(33-14)23(30)28-10-11-29(18-7-5-4-6-17(18)28)24-26-16-13-21(32-3)20(31-2)12-15(16)22(25)27-24/h7-9,12-13,17H,4-6,10-11H2,1-3H3,(H2,25,26,27). The molecule has 9 nitrogen and oxygen atoms in total. The zero-order valence-corrected chi connectivity index (χ0v) is 19.0. The van der Waals surface area contributed by atoms with Gasteiger partial charge in [-0.3, -0.25) is 4.79 Å². The molecule has 1 aliphatic carbocycles. The molecule has 2 N–H and O–H groups in total. The lowest BCUT2D eigenvalue weighted by Crippen LogP contribution is -2.54. The summed E-state index contributed by atoms with van der Waals surface area (Å²) in [5.41, 5.74) is 8.03. The minimum Gasteiger partial charge on any atom is -0.493 e. The summed E-state index contributed by atoms with van der Waals surface area (Å²) in [6.07, 6.45) is 5.01. The molecule has 3 heterocycles. The summed E-state index contributed by atoms with van der Waals surface area (Å²) >= 11 is 0. The molecule has 2 aliphatic rings. The monoisotopic (exact) mass is 449 g/mol. The van der Waals surface area contributed by atoms with Crippen molar-refractivity contribution in [2.45, 2.75) is 32.2 Å². The number of carbonyl (C=O) groups excluding carboxylic acids is 1. The summed E-state index contributed by atoms with van der Waals surface area (Å²) in [7, 11) is 3.17. The van der Waals surface area contributed by atoms with Gasteiger partial charge in [-0.05, 0) is 44.4 Å². The summed E-state index contributed by atoms with van der Waals surface area (Å²) in [6.45, 7) is 2.94. The number of anilines is 2. The van der Waals surface area contributed by atoms with Crippen molar-refractivity contribution in [3.05, 3.63) is 47.6 Å². The van der Waals surface area contributed by atoms with Crippen LogP contribution in [0.2, 0.25) is 0 Å². The first-order chi connectivity index (χ1) is 16.0. The van der Waals surface area contributed by atoms with E-state index in [1.54, 1.807) is 26.4 Å². The highest BCUT2D eigenvalue weighted by atomic mass is 16.5. The lowest BCUT2D eigenvalue weighted by atomic mass is 9.94. The Morgan fingerprint density at radius 3 is 2.67 bits per heavy atom. The number of nitrogens with two attached hydrogens (primary N) is 1. The minimum absolute atomic E-state index is 0.0590. The molecule has 1 aromatic carbocycles. The van der Waals surface area contributed by atoms with Crippen LogP contribution >= 0.6 is 0 Å². The summed E-state index contributed by atoms with van der Waals surface area (Å²) < 4.78 is 16.4. The van der Waals surface area contributed by atoms with E-state index in [1.807, 2.05) is 24.0 Å². The second-order valence-electron chi connectivity index (χ2n) is 8.27. The topological polar surface area (TPSA) is 107 Å². The molecule has 9 heteroatoms. The summed E-state index contributed by atoms with van der Waals surface area (Å²) in [4.78, 5) is 26.6. The number of methoxy groups -OCH3 is 2. The Balaban J connectivity index is 1.51. The molecule has 0 radical (unpaired) electrons. The number of aromatic nitrogens is 2. The van der Waals surface area contributed by atoms with Gasteiger partial charge >= 0.3 is 0 Å². The minimum atomic E-state index is -0.0867. The number of hydrogen-bond donors (Lipinski definition) is 1. The van der Waals surface area contributed by atoms with Gasteiger partial charge in [-0.15, -0.1) is 0 Å². The molecule has 5 rings (SSSR count). The van der Waals surface area contributed by atoms with E-state index in [1.165, 1.54) is 0 Å². The molecule has 1 saturated heterocycles. The predicted molar refractivity (Wildman–Crippen MR) is 125 cm³/mol. The Hall–Kier alpha value is -3.75. The van der Waals surface area contributed by atoms with E-state index in [-0.39, 0.29) is 11.9 Å². The van der Waals surface area contributed by atoms with Crippen molar-refractivity contribution >= 4 is 28.6 Å². The van der Waals surface area contributed by atoms with Crippen molar-refractivity contribution < 1.29 is 18.7 Å². The van der Waals surface area contributed by atoms with Gasteiger partial charge in [0.25, 0.3) is 5.91 Å². The number of nitrogen functional groups attached to an aromatic ring is 1. The van der Waals surface area contributed by atoms with Gasteiger partial charge in [0.1, 0.15) is 11.6 Å². The molecule has 1 fully saturated rings. The molecule has 1 atom stereocenters. The Morgan fingerprint density at radius 1 is 1.15 bits per heavy atom. The van der Waals surface area contributed by atoms with E-state index in [4.69, 9.17) is 24.6 Å². The number of carbonyl (C=O) groups is 1. The Labute approximate surface area is 191 Å². The Bertz CT molecular complexity index is 1250. The Kier molecular flexibility index (Phi) is 5.32. The zero-order valence-electron chi connectivity index (χ0n) is 19.0. The maximum Gasteiger partial charge on any atom is 0.290 e. The number of nitrogens with zero attached hydrogens (tertiary/aromatic N) is 4. The number of aryl methyl sites for hydroxylation is 1. The van der Waals surface area contributed by atoms with Gasteiger partial charge in [-0.25, -0.2) is 4.98 Å². The fraction of sp³-hybridized carbons (Fsp3) is 0.375. The number of benzene rings is 1. The number of hydrogen-bond acceptors (Lipinski definition) is 8. The maximum absolute atomic E-state index is 13.2. The summed E-state index contributed by atoms with van der Waals surface area (Å²) in [5.74, 6) is 3.05. The first-order valence-corrected chi connectivity index (χ1v) is 11.0. The third-order valence-electron chi connectivity index (χ3n) is 6.30. The highest BCUT2D eigenvalue weighted by molar-refractivity contribution is 5.93. The second-order valence-corrected chi connectivity index (χ2v) is 8.27. The zero-order chi connectivity index (χ0) is 23.1. The largest absolute Gasteiger partial charge is 0.493 e. The smallest absolute Gasteiger partial charge is 0.290 e.